The Morgan fingerprint density at radius 3 is 2.82 bits per heavy atom. The number of likely N-dealkylation sites (tertiary alicyclic amines) is 1. The van der Waals surface area contributed by atoms with Gasteiger partial charge in [-0.05, 0) is 51.5 Å². The predicted octanol–water partition coefficient (Wildman–Crippen LogP) is 2.45. The molecule has 90 valence electrons. The average molecular weight is 229 g/mol. The van der Waals surface area contributed by atoms with Crippen LogP contribution in [0.3, 0.4) is 0 Å². The molecule has 0 spiro atoms. The molecule has 17 heavy (non-hydrogen) atoms. The Labute approximate surface area is 102 Å². The first kappa shape index (κ1) is 10.8. The molecule has 0 atom stereocenters. The van der Waals surface area contributed by atoms with Crippen molar-refractivity contribution in [2.24, 2.45) is 0 Å². The fraction of sp³-hybridized carbons (Fsp3) is 0.500. The highest BCUT2D eigenvalue weighted by atomic mass is 15.1. The zero-order valence-electron chi connectivity index (χ0n) is 10.6. The van der Waals surface area contributed by atoms with Crippen LogP contribution >= 0.6 is 0 Å². The first-order chi connectivity index (χ1) is 8.25. The molecule has 0 aromatic carbocycles. The molecular weight excluding hydrogens is 210 g/mol. The molecule has 1 fully saturated rings. The summed E-state index contributed by atoms with van der Waals surface area (Å²) in [4.78, 5) is 6.97. The maximum Gasteiger partial charge on any atom is 0.139 e. The van der Waals surface area contributed by atoms with E-state index in [-0.39, 0.29) is 0 Å². The number of piperidine rings is 1. The van der Waals surface area contributed by atoms with E-state index in [4.69, 9.17) is 0 Å². The summed E-state index contributed by atoms with van der Waals surface area (Å²) in [5, 5.41) is 0. The minimum absolute atomic E-state index is 0.669. The molecular formula is C14H19N3. The molecule has 3 heterocycles. The van der Waals surface area contributed by atoms with E-state index < -0.39 is 0 Å². The SMILES string of the molecule is Cc1cccn2c(C3CCN(C)CC3)cnc12. The van der Waals surface area contributed by atoms with Crippen LogP contribution in [0, 0.1) is 6.92 Å². The summed E-state index contributed by atoms with van der Waals surface area (Å²) in [6.07, 6.45) is 6.71. The first-order valence-corrected chi connectivity index (χ1v) is 6.37. The number of imidazole rings is 1. The fourth-order valence-corrected chi connectivity index (χ4v) is 2.78. The van der Waals surface area contributed by atoms with E-state index in [1.807, 2.05) is 0 Å². The zero-order chi connectivity index (χ0) is 11.8. The van der Waals surface area contributed by atoms with Crippen LogP contribution in [0.1, 0.15) is 30.0 Å². The minimum atomic E-state index is 0.669. The third-order valence-corrected chi connectivity index (χ3v) is 3.90. The molecule has 0 amide bonds. The van der Waals surface area contributed by atoms with E-state index in [1.165, 1.54) is 37.2 Å². The van der Waals surface area contributed by atoms with Crippen LogP contribution in [0.5, 0.6) is 0 Å². The number of hydrogen-bond acceptors (Lipinski definition) is 2. The van der Waals surface area contributed by atoms with Crippen molar-refractivity contribution in [3.63, 3.8) is 0 Å². The van der Waals surface area contributed by atoms with Gasteiger partial charge >= 0.3 is 0 Å². The van der Waals surface area contributed by atoms with Gasteiger partial charge in [0.05, 0.1) is 0 Å². The van der Waals surface area contributed by atoms with Crippen molar-refractivity contribution >= 4 is 5.65 Å². The van der Waals surface area contributed by atoms with Crippen LogP contribution in [0.2, 0.25) is 0 Å². The average Bonchev–Trinajstić information content (AvgIpc) is 2.75. The molecule has 3 rings (SSSR count). The highest BCUT2D eigenvalue weighted by Gasteiger charge is 2.21. The van der Waals surface area contributed by atoms with Crippen molar-refractivity contribution in [3.8, 4) is 0 Å². The molecule has 3 heteroatoms. The Morgan fingerprint density at radius 1 is 1.29 bits per heavy atom. The highest BCUT2D eigenvalue weighted by molar-refractivity contribution is 5.48. The lowest BCUT2D eigenvalue weighted by molar-refractivity contribution is 0.253. The Hall–Kier alpha value is -1.35. The summed E-state index contributed by atoms with van der Waals surface area (Å²) in [6.45, 7) is 4.52. The van der Waals surface area contributed by atoms with Gasteiger partial charge in [-0.1, -0.05) is 6.07 Å². The topological polar surface area (TPSA) is 20.5 Å². The normalized spacial score (nSPS) is 18.9. The number of aryl methyl sites for hydroxylation is 1. The number of rotatable bonds is 1. The molecule has 1 aliphatic heterocycles. The highest BCUT2D eigenvalue weighted by Crippen LogP contribution is 2.28. The molecule has 2 aromatic rings. The van der Waals surface area contributed by atoms with Crippen molar-refractivity contribution in [1.29, 1.82) is 0 Å². The van der Waals surface area contributed by atoms with Gasteiger partial charge in [-0.3, -0.25) is 0 Å². The molecule has 1 saturated heterocycles. The summed E-state index contributed by atoms with van der Waals surface area (Å²) in [7, 11) is 2.20. The van der Waals surface area contributed by atoms with Crippen molar-refractivity contribution < 1.29 is 0 Å². The van der Waals surface area contributed by atoms with E-state index in [1.54, 1.807) is 0 Å². The largest absolute Gasteiger partial charge is 0.306 e. The minimum Gasteiger partial charge on any atom is -0.306 e. The van der Waals surface area contributed by atoms with Crippen LogP contribution in [0.15, 0.2) is 24.5 Å². The third kappa shape index (κ3) is 1.84. The summed E-state index contributed by atoms with van der Waals surface area (Å²) < 4.78 is 2.27. The zero-order valence-corrected chi connectivity index (χ0v) is 10.6. The lowest BCUT2D eigenvalue weighted by Crippen LogP contribution is -2.29. The van der Waals surface area contributed by atoms with Gasteiger partial charge < -0.3 is 9.30 Å². The van der Waals surface area contributed by atoms with Gasteiger partial charge in [0.2, 0.25) is 0 Å². The van der Waals surface area contributed by atoms with Crippen LogP contribution in [0.4, 0.5) is 0 Å². The lowest BCUT2D eigenvalue weighted by Gasteiger charge is -2.28. The Bertz CT molecular complexity index is 521. The van der Waals surface area contributed by atoms with Gasteiger partial charge in [-0.2, -0.15) is 0 Å². The monoisotopic (exact) mass is 229 g/mol. The Balaban J connectivity index is 1.98. The predicted molar refractivity (Wildman–Crippen MR) is 69.4 cm³/mol. The van der Waals surface area contributed by atoms with Crippen LogP contribution < -0.4 is 0 Å². The van der Waals surface area contributed by atoms with E-state index in [0.29, 0.717) is 5.92 Å². The van der Waals surface area contributed by atoms with Gasteiger partial charge in [-0.15, -0.1) is 0 Å². The Morgan fingerprint density at radius 2 is 2.06 bits per heavy atom. The van der Waals surface area contributed by atoms with Gasteiger partial charge in [0.25, 0.3) is 0 Å². The summed E-state index contributed by atoms with van der Waals surface area (Å²) in [5.41, 5.74) is 3.75. The van der Waals surface area contributed by atoms with Crippen molar-refractivity contribution in [2.45, 2.75) is 25.7 Å². The van der Waals surface area contributed by atoms with E-state index in [9.17, 15) is 0 Å². The van der Waals surface area contributed by atoms with E-state index >= 15 is 0 Å². The second kappa shape index (κ2) is 4.15. The summed E-state index contributed by atoms with van der Waals surface area (Å²) >= 11 is 0. The van der Waals surface area contributed by atoms with E-state index in [0.717, 1.165) is 5.65 Å². The smallest absolute Gasteiger partial charge is 0.139 e. The summed E-state index contributed by atoms with van der Waals surface area (Å²) in [5.74, 6) is 0.669. The van der Waals surface area contributed by atoms with Gasteiger partial charge in [0, 0.05) is 24.0 Å². The molecule has 0 N–H and O–H groups in total. The van der Waals surface area contributed by atoms with Crippen molar-refractivity contribution in [1.82, 2.24) is 14.3 Å². The van der Waals surface area contributed by atoms with E-state index in [2.05, 4.69) is 52.8 Å². The number of fused-ring (bicyclic) bond motifs is 1. The number of hydrogen-bond donors (Lipinski definition) is 0. The number of nitrogens with zero attached hydrogens (tertiary/aromatic N) is 3. The molecule has 1 aliphatic rings. The second-order valence-electron chi connectivity index (χ2n) is 5.15. The summed E-state index contributed by atoms with van der Waals surface area (Å²) in [6, 6.07) is 4.24. The second-order valence-corrected chi connectivity index (χ2v) is 5.15. The number of aromatic nitrogens is 2. The molecule has 0 unspecified atom stereocenters. The van der Waals surface area contributed by atoms with Crippen LogP contribution in [0.25, 0.3) is 5.65 Å². The number of pyridine rings is 1. The van der Waals surface area contributed by atoms with Gasteiger partial charge in [0.1, 0.15) is 5.65 Å². The van der Waals surface area contributed by atoms with Gasteiger partial charge in [0.15, 0.2) is 0 Å². The molecule has 0 aliphatic carbocycles. The molecule has 3 nitrogen and oxygen atoms in total. The first-order valence-electron chi connectivity index (χ1n) is 6.37. The van der Waals surface area contributed by atoms with Crippen LogP contribution in [-0.2, 0) is 0 Å². The standard InChI is InChI=1S/C14H19N3/c1-11-4-3-7-17-13(10-15-14(11)17)12-5-8-16(2)9-6-12/h3-4,7,10,12H,5-6,8-9H2,1-2H3. The van der Waals surface area contributed by atoms with Crippen molar-refractivity contribution in [3.05, 3.63) is 35.8 Å². The molecule has 0 saturated carbocycles. The maximum absolute atomic E-state index is 4.56. The Kier molecular flexibility index (Phi) is 2.63. The maximum atomic E-state index is 4.56. The lowest BCUT2D eigenvalue weighted by atomic mass is 9.94. The van der Waals surface area contributed by atoms with Crippen LogP contribution in [-0.4, -0.2) is 34.4 Å². The third-order valence-electron chi connectivity index (χ3n) is 3.90. The molecule has 0 bridgehead atoms. The fourth-order valence-electron chi connectivity index (χ4n) is 2.78. The quantitative estimate of drug-likeness (QED) is 0.748. The molecule has 0 radical (unpaired) electrons. The molecule has 2 aromatic heterocycles. The van der Waals surface area contributed by atoms with Gasteiger partial charge in [-0.25, -0.2) is 4.98 Å². The van der Waals surface area contributed by atoms with Crippen molar-refractivity contribution in [2.75, 3.05) is 20.1 Å².